The van der Waals surface area contributed by atoms with E-state index in [4.69, 9.17) is 0 Å². The van der Waals surface area contributed by atoms with Crippen LogP contribution in [0.3, 0.4) is 0 Å². The van der Waals surface area contributed by atoms with Gasteiger partial charge in [-0.1, -0.05) is 54.6 Å². The molecule has 10 nitrogen and oxygen atoms in total. The van der Waals surface area contributed by atoms with Gasteiger partial charge >= 0.3 is 5.95 Å². The molecular formula is C27H33N5O5S. The average molecular weight is 540 g/mol. The lowest BCUT2D eigenvalue weighted by Crippen LogP contribution is -2.53. The smallest absolute Gasteiger partial charge is 0.390 e. The highest BCUT2D eigenvalue weighted by atomic mass is 32.2. The summed E-state index contributed by atoms with van der Waals surface area (Å²) in [6.45, 7) is 3.21. The van der Waals surface area contributed by atoms with Crippen LogP contribution in [-0.4, -0.2) is 52.8 Å². The molecule has 1 N–H and O–H groups in total. The van der Waals surface area contributed by atoms with Gasteiger partial charge < -0.3 is 15.0 Å². The summed E-state index contributed by atoms with van der Waals surface area (Å²) >= 11 is 0. The van der Waals surface area contributed by atoms with Crippen molar-refractivity contribution in [1.29, 1.82) is 0 Å². The minimum atomic E-state index is -4.08. The number of hydrogen-bond donors (Lipinski definition) is 1. The quantitative estimate of drug-likeness (QED) is 0.340. The van der Waals surface area contributed by atoms with E-state index in [-0.39, 0.29) is 29.7 Å². The van der Waals surface area contributed by atoms with Gasteiger partial charge in [0.05, 0.1) is 11.4 Å². The van der Waals surface area contributed by atoms with E-state index in [1.54, 1.807) is 29.2 Å². The van der Waals surface area contributed by atoms with E-state index in [0.29, 0.717) is 30.3 Å². The molecule has 2 aromatic carbocycles. The van der Waals surface area contributed by atoms with Crippen molar-refractivity contribution in [2.24, 2.45) is 11.8 Å². The number of amides is 1. The van der Waals surface area contributed by atoms with Gasteiger partial charge in [-0.05, 0) is 53.5 Å². The molecule has 202 valence electrons. The van der Waals surface area contributed by atoms with Crippen LogP contribution in [-0.2, 0) is 21.4 Å². The molecule has 1 saturated carbocycles. The lowest BCUT2D eigenvalue weighted by molar-refractivity contribution is -0.396. The number of hydrogen-bond acceptors (Lipinski definition) is 6. The topological polar surface area (TPSA) is 127 Å². The third kappa shape index (κ3) is 5.30. The van der Waals surface area contributed by atoms with Crippen LogP contribution in [0.1, 0.15) is 44.1 Å². The van der Waals surface area contributed by atoms with Gasteiger partial charge in [0.15, 0.2) is 0 Å². The number of imidazole rings is 1. The van der Waals surface area contributed by atoms with Gasteiger partial charge in [0, 0.05) is 24.9 Å². The zero-order valence-electron chi connectivity index (χ0n) is 21.5. The van der Waals surface area contributed by atoms with Gasteiger partial charge in [0.2, 0.25) is 15.9 Å². The van der Waals surface area contributed by atoms with Crippen LogP contribution in [0.4, 0.5) is 5.95 Å². The molecule has 5 rings (SSSR count). The molecule has 0 spiro atoms. The number of benzene rings is 2. The summed E-state index contributed by atoms with van der Waals surface area (Å²) in [7, 11) is -4.08. The van der Waals surface area contributed by atoms with Crippen LogP contribution in [0.2, 0.25) is 0 Å². The molecule has 1 aliphatic carbocycles. The second kappa shape index (κ2) is 10.8. The number of nitro groups is 1. The van der Waals surface area contributed by atoms with Crippen molar-refractivity contribution < 1.29 is 18.1 Å². The summed E-state index contributed by atoms with van der Waals surface area (Å²) in [6.07, 6.45) is 8.43. The second-order valence-electron chi connectivity index (χ2n) is 10.4. The summed E-state index contributed by atoms with van der Waals surface area (Å²) in [5, 5.41) is 12.8. The van der Waals surface area contributed by atoms with Gasteiger partial charge in [-0.25, -0.2) is 13.0 Å². The minimum Gasteiger partial charge on any atom is -0.390 e. The van der Waals surface area contributed by atoms with Crippen LogP contribution >= 0.6 is 0 Å². The highest BCUT2D eigenvalue weighted by Gasteiger charge is 2.37. The first kappa shape index (κ1) is 26.3. The fraction of sp³-hybridized carbons (Fsp3) is 0.481. The lowest BCUT2D eigenvalue weighted by atomic mass is 9.75. The normalized spacial score (nSPS) is 20.7. The third-order valence-corrected chi connectivity index (χ3v) is 9.64. The zero-order chi connectivity index (χ0) is 26.9. The second-order valence-corrected chi connectivity index (χ2v) is 12.1. The Labute approximate surface area is 222 Å². The Balaban J connectivity index is 1.43. The van der Waals surface area contributed by atoms with Crippen LogP contribution < -0.4 is 4.72 Å². The van der Waals surface area contributed by atoms with E-state index in [2.05, 4.69) is 9.71 Å². The summed E-state index contributed by atoms with van der Waals surface area (Å²) < 4.78 is 31.4. The van der Waals surface area contributed by atoms with Crippen molar-refractivity contribution in [2.75, 3.05) is 13.1 Å². The molecule has 1 saturated heterocycles. The number of rotatable bonds is 8. The predicted molar refractivity (Wildman–Crippen MR) is 143 cm³/mol. The number of carbonyl (C=O) groups excluding carboxylic acids is 1. The number of sulfonamides is 1. The molecule has 11 heteroatoms. The Morgan fingerprint density at radius 2 is 1.87 bits per heavy atom. The maximum absolute atomic E-state index is 13.8. The van der Waals surface area contributed by atoms with Gasteiger partial charge in [-0.15, -0.1) is 0 Å². The van der Waals surface area contributed by atoms with Crippen LogP contribution in [0.15, 0.2) is 53.7 Å². The van der Waals surface area contributed by atoms with E-state index in [1.807, 2.05) is 19.1 Å². The largest absolute Gasteiger partial charge is 0.434 e. The first-order chi connectivity index (χ1) is 18.2. The molecule has 2 aliphatic rings. The maximum Gasteiger partial charge on any atom is 0.434 e. The van der Waals surface area contributed by atoms with Crippen molar-refractivity contribution >= 4 is 32.7 Å². The molecule has 2 fully saturated rings. The fourth-order valence-electron chi connectivity index (χ4n) is 6.08. The predicted octanol–water partition coefficient (Wildman–Crippen LogP) is 4.03. The summed E-state index contributed by atoms with van der Waals surface area (Å²) in [6, 6.07) is 9.54. The van der Waals surface area contributed by atoms with Crippen molar-refractivity contribution in [3.8, 4) is 0 Å². The fourth-order valence-corrected chi connectivity index (χ4v) is 7.51. The van der Waals surface area contributed by atoms with E-state index >= 15 is 0 Å². The van der Waals surface area contributed by atoms with Crippen LogP contribution in [0, 0.1) is 28.9 Å². The molecule has 3 aromatic rings. The number of carbonyl (C=O) groups is 1. The number of piperidine rings is 1. The van der Waals surface area contributed by atoms with Gasteiger partial charge in [0.25, 0.3) is 0 Å². The Hall–Kier alpha value is -3.31. The number of nitrogens with zero attached hydrogens (tertiary/aromatic N) is 4. The highest BCUT2D eigenvalue weighted by molar-refractivity contribution is 7.89. The first-order valence-corrected chi connectivity index (χ1v) is 14.7. The van der Waals surface area contributed by atoms with Crippen molar-refractivity contribution in [3.05, 3.63) is 64.5 Å². The molecule has 0 bridgehead atoms. The summed E-state index contributed by atoms with van der Waals surface area (Å²) in [5.74, 6) is 0.438. The summed E-state index contributed by atoms with van der Waals surface area (Å²) in [4.78, 5) is 30.2. The SMILES string of the molecule is Cc1ccc(S(=O)(=O)NC(CCn2ccnc2[N+](=O)[O-])C(=O)N2CC[C@@H]3CCCC[C@@H]3C2)c2ccccc12. The standard InChI is InChI=1S/C27H33N5O5S/c1-19-10-11-25(23-9-5-4-8-22(19)23)38(36,37)29-24(13-16-30-17-14-28-27(30)32(34)35)26(33)31-15-12-20-6-2-3-7-21(20)18-31/h4-5,8-11,14,17,20-21,24,29H,2-3,6-7,12-13,15-16,18H2,1H3/t20-,21+,24?/m0/s1. The molecule has 3 atom stereocenters. The number of likely N-dealkylation sites (tertiary alicyclic amines) is 1. The van der Waals surface area contributed by atoms with E-state index in [1.165, 1.54) is 29.8 Å². The number of nitrogens with one attached hydrogen (secondary N) is 1. The third-order valence-electron chi connectivity index (χ3n) is 8.11. The number of aryl methyl sites for hydroxylation is 2. The average Bonchev–Trinajstić information content (AvgIpc) is 3.40. The molecule has 1 aliphatic heterocycles. The maximum atomic E-state index is 13.8. The van der Waals surface area contributed by atoms with Crippen molar-refractivity contribution in [3.63, 3.8) is 0 Å². The van der Waals surface area contributed by atoms with Gasteiger partial charge in [0.1, 0.15) is 18.4 Å². The summed E-state index contributed by atoms with van der Waals surface area (Å²) in [5.41, 5.74) is 0.954. The highest BCUT2D eigenvalue weighted by Crippen LogP contribution is 2.36. The Bertz CT molecular complexity index is 1450. The van der Waals surface area contributed by atoms with E-state index in [0.717, 1.165) is 30.2 Å². The molecule has 1 aromatic heterocycles. The minimum absolute atomic E-state index is 0.0592. The van der Waals surface area contributed by atoms with Crippen molar-refractivity contribution in [2.45, 2.75) is 62.9 Å². The van der Waals surface area contributed by atoms with Crippen LogP contribution in [0.25, 0.3) is 10.8 Å². The first-order valence-electron chi connectivity index (χ1n) is 13.2. The zero-order valence-corrected chi connectivity index (χ0v) is 22.3. The Morgan fingerprint density at radius 3 is 2.63 bits per heavy atom. The molecule has 2 heterocycles. The van der Waals surface area contributed by atoms with Gasteiger partial charge in [-0.3, -0.25) is 4.79 Å². The monoisotopic (exact) mass is 539 g/mol. The molecular weight excluding hydrogens is 506 g/mol. The van der Waals surface area contributed by atoms with Crippen LogP contribution in [0.5, 0.6) is 0 Å². The van der Waals surface area contributed by atoms with Gasteiger partial charge in [-0.2, -0.15) is 4.72 Å². The molecule has 0 radical (unpaired) electrons. The van der Waals surface area contributed by atoms with E-state index in [9.17, 15) is 23.3 Å². The molecule has 1 unspecified atom stereocenters. The Kier molecular flexibility index (Phi) is 7.49. The molecule has 1 amide bonds. The van der Waals surface area contributed by atoms with E-state index < -0.39 is 21.0 Å². The molecule has 38 heavy (non-hydrogen) atoms. The lowest BCUT2D eigenvalue weighted by Gasteiger charge is -2.42. The number of fused-ring (bicyclic) bond motifs is 2. The Morgan fingerprint density at radius 1 is 1.13 bits per heavy atom. The number of aromatic nitrogens is 2. The van der Waals surface area contributed by atoms with Crippen molar-refractivity contribution in [1.82, 2.24) is 19.2 Å².